The number of Topliss-reactive ketones (excluding diaryl/α,β-unsaturated/α-hetero) is 1. The summed E-state index contributed by atoms with van der Waals surface area (Å²) in [5.74, 6) is 0.143. The van der Waals surface area contributed by atoms with Crippen LogP contribution in [-0.4, -0.2) is 10.9 Å². The minimum absolute atomic E-state index is 0.0159. The van der Waals surface area contributed by atoms with E-state index in [-0.39, 0.29) is 11.5 Å². The summed E-state index contributed by atoms with van der Waals surface area (Å²) in [6, 6.07) is 18.6. The van der Waals surface area contributed by atoms with E-state index in [2.05, 4.69) is 5.32 Å². The summed E-state index contributed by atoms with van der Waals surface area (Å²) in [6.45, 7) is 1.53. The van der Waals surface area contributed by atoms with Crippen molar-refractivity contribution >= 4 is 27.9 Å². The van der Waals surface area contributed by atoms with E-state index in [1.54, 1.807) is 12.1 Å². The van der Waals surface area contributed by atoms with Gasteiger partial charge in [0.2, 0.25) is 0 Å². The first-order valence-electron chi connectivity index (χ1n) is 6.74. The number of hydrogen-bond donors (Lipinski definition) is 2. The average molecular weight is 277 g/mol. The molecule has 0 unspecified atom stereocenters. The first-order valence-corrected chi connectivity index (χ1v) is 6.74. The molecule has 0 heterocycles. The molecule has 3 rings (SSSR count). The van der Waals surface area contributed by atoms with Crippen LogP contribution in [0.4, 0.5) is 11.4 Å². The predicted octanol–water partition coefficient (Wildman–Crippen LogP) is 4.49. The molecular weight excluding hydrogens is 262 g/mol. The highest BCUT2D eigenvalue weighted by Crippen LogP contribution is 2.35. The Hall–Kier alpha value is -2.81. The molecule has 0 fully saturated rings. The molecule has 0 radical (unpaired) electrons. The second-order valence-corrected chi connectivity index (χ2v) is 4.91. The van der Waals surface area contributed by atoms with Crippen molar-refractivity contribution in [3.05, 3.63) is 66.2 Å². The lowest BCUT2D eigenvalue weighted by atomic mass is 10.1. The minimum Gasteiger partial charge on any atom is -0.506 e. The van der Waals surface area contributed by atoms with E-state index in [0.29, 0.717) is 16.9 Å². The van der Waals surface area contributed by atoms with Gasteiger partial charge in [-0.25, -0.2) is 0 Å². The maximum absolute atomic E-state index is 11.7. The average Bonchev–Trinajstić information content (AvgIpc) is 2.50. The van der Waals surface area contributed by atoms with Crippen LogP contribution in [0, 0.1) is 0 Å². The molecule has 104 valence electrons. The molecular formula is C18H15NO2. The van der Waals surface area contributed by atoms with Crippen molar-refractivity contribution < 1.29 is 9.90 Å². The zero-order valence-electron chi connectivity index (χ0n) is 11.6. The number of fused-ring (bicyclic) bond motifs is 1. The lowest BCUT2D eigenvalue weighted by Gasteiger charge is -2.14. The minimum atomic E-state index is -0.0159. The zero-order valence-corrected chi connectivity index (χ0v) is 11.6. The van der Waals surface area contributed by atoms with Crippen molar-refractivity contribution in [3.63, 3.8) is 0 Å². The van der Waals surface area contributed by atoms with Crippen molar-refractivity contribution in [2.45, 2.75) is 6.92 Å². The molecule has 0 aliphatic heterocycles. The molecule has 3 aromatic carbocycles. The Morgan fingerprint density at radius 1 is 0.952 bits per heavy atom. The third kappa shape index (κ3) is 2.46. The number of ketones is 1. The highest BCUT2D eigenvalue weighted by molar-refractivity contribution is 6.03. The van der Waals surface area contributed by atoms with Crippen LogP contribution in [0.15, 0.2) is 60.7 Å². The normalized spacial score (nSPS) is 10.5. The fourth-order valence-corrected chi connectivity index (χ4v) is 2.43. The molecule has 3 nitrogen and oxygen atoms in total. The van der Waals surface area contributed by atoms with Gasteiger partial charge in [0.05, 0.1) is 5.69 Å². The van der Waals surface area contributed by atoms with Crippen molar-refractivity contribution in [1.29, 1.82) is 0 Å². The van der Waals surface area contributed by atoms with Gasteiger partial charge < -0.3 is 10.4 Å². The molecule has 0 aliphatic rings. The quantitative estimate of drug-likeness (QED) is 0.547. The van der Waals surface area contributed by atoms with E-state index in [0.717, 1.165) is 10.8 Å². The van der Waals surface area contributed by atoms with E-state index < -0.39 is 0 Å². The number of carbonyl (C=O) groups excluding carboxylic acids is 1. The van der Waals surface area contributed by atoms with Crippen LogP contribution in [-0.2, 0) is 0 Å². The number of phenolic OH excluding ortho intramolecular Hbond substituents is 1. The molecule has 3 heteroatoms. The highest BCUT2D eigenvalue weighted by Gasteiger charge is 2.11. The molecule has 0 bridgehead atoms. The Morgan fingerprint density at radius 2 is 1.67 bits per heavy atom. The maximum atomic E-state index is 11.7. The third-order valence-corrected chi connectivity index (χ3v) is 3.47. The Balaban J connectivity index is 2.15. The van der Waals surface area contributed by atoms with Crippen LogP contribution < -0.4 is 5.32 Å². The second-order valence-electron chi connectivity index (χ2n) is 4.91. The molecule has 0 spiro atoms. The number of hydrogen-bond acceptors (Lipinski definition) is 3. The molecule has 2 N–H and O–H groups in total. The summed E-state index contributed by atoms with van der Waals surface area (Å²) in [6.07, 6.45) is 0. The second kappa shape index (κ2) is 5.29. The van der Waals surface area contributed by atoms with Crippen LogP contribution in [0.5, 0.6) is 5.75 Å². The third-order valence-electron chi connectivity index (χ3n) is 3.47. The summed E-state index contributed by atoms with van der Waals surface area (Å²) in [4.78, 5) is 11.7. The summed E-state index contributed by atoms with van der Waals surface area (Å²) in [7, 11) is 0. The zero-order chi connectivity index (χ0) is 14.8. The number of aromatic hydroxyl groups is 1. The van der Waals surface area contributed by atoms with Crippen LogP contribution in [0.3, 0.4) is 0 Å². The Kier molecular flexibility index (Phi) is 3.32. The number of anilines is 2. The molecule has 3 aromatic rings. The van der Waals surface area contributed by atoms with Crippen LogP contribution >= 0.6 is 0 Å². The van der Waals surface area contributed by atoms with Gasteiger partial charge in [0, 0.05) is 16.6 Å². The van der Waals surface area contributed by atoms with Crippen molar-refractivity contribution in [2.75, 3.05) is 5.32 Å². The van der Waals surface area contributed by atoms with E-state index in [1.165, 1.54) is 6.92 Å². The first-order chi connectivity index (χ1) is 10.2. The lowest BCUT2D eigenvalue weighted by Crippen LogP contribution is -2.00. The fourth-order valence-electron chi connectivity index (χ4n) is 2.43. The molecule has 0 atom stereocenters. The smallest absolute Gasteiger partial charge is 0.161 e. The van der Waals surface area contributed by atoms with Crippen LogP contribution in [0.2, 0.25) is 0 Å². The van der Waals surface area contributed by atoms with Gasteiger partial charge in [-0.3, -0.25) is 4.79 Å². The molecule has 21 heavy (non-hydrogen) atoms. The van der Waals surface area contributed by atoms with Crippen molar-refractivity contribution in [3.8, 4) is 5.75 Å². The van der Waals surface area contributed by atoms with Gasteiger partial charge in [0.15, 0.2) is 5.78 Å². The number of nitrogens with one attached hydrogen (secondary N) is 1. The topological polar surface area (TPSA) is 49.3 Å². The number of benzene rings is 3. The summed E-state index contributed by atoms with van der Waals surface area (Å²) in [5.41, 5.74) is 1.91. The molecule has 0 saturated carbocycles. The number of phenols is 1. The van der Waals surface area contributed by atoms with Crippen molar-refractivity contribution in [1.82, 2.24) is 0 Å². The van der Waals surface area contributed by atoms with Crippen LogP contribution in [0.1, 0.15) is 17.3 Å². The Labute approximate surface area is 122 Å². The number of para-hydroxylation sites is 1. The summed E-state index contributed by atoms with van der Waals surface area (Å²) >= 11 is 0. The summed E-state index contributed by atoms with van der Waals surface area (Å²) < 4.78 is 0. The molecule has 0 amide bonds. The largest absolute Gasteiger partial charge is 0.506 e. The van der Waals surface area contributed by atoms with E-state index in [9.17, 15) is 9.90 Å². The standard InChI is InChI=1S/C18H15NO2/c1-12(20)14-7-4-5-9-16(14)19-18-15-8-3-2-6-13(15)10-11-17(18)21/h2-11,19,21H,1H3. The van der Waals surface area contributed by atoms with Gasteiger partial charge >= 0.3 is 0 Å². The van der Waals surface area contributed by atoms with Gasteiger partial charge in [0.25, 0.3) is 0 Å². The monoisotopic (exact) mass is 277 g/mol. The van der Waals surface area contributed by atoms with Gasteiger partial charge in [-0.15, -0.1) is 0 Å². The van der Waals surface area contributed by atoms with Gasteiger partial charge in [-0.2, -0.15) is 0 Å². The number of rotatable bonds is 3. The van der Waals surface area contributed by atoms with Gasteiger partial charge in [0.1, 0.15) is 5.75 Å². The van der Waals surface area contributed by atoms with E-state index in [1.807, 2.05) is 48.5 Å². The SMILES string of the molecule is CC(=O)c1ccccc1Nc1c(O)ccc2ccccc12. The van der Waals surface area contributed by atoms with Gasteiger partial charge in [-0.1, -0.05) is 42.5 Å². The van der Waals surface area contributed by atoms with Crippen LogP contribution in [0.25, 0.3) is 10.8 Å². The predicted molar refractivity (Wildman–Crippen MR) is 85.3 cm³/mol. The van der Waals surface area contributed by atoms with E-state index in [4.69, 9.17) is 0 Å². The molecule has 0 saturated heterocycles. The van der Waals surface area contributed by atoms with Gasteiger partial charge in [-0.05, 0) is 30.5 Å². The Bertz CT molecular complexity index is 824. The number of carbonyl (C=O) groups is 1. The van der Waals surface area contributed by atoms with Crippen molar-refractivity contribution in [2.24, 2.45) is 0 Å². The fraction of sp³-hybridized carbons (Fsp3) is 0.0556. The Morgan fingerprint density at radius 3 is 2.48 bits per heavy atom. The first kappa shape index (κ1) is 13.2. The molecule has 0 aliphatic carbocycles. The highest BCUT2D eigenvalue weighted by atomic mass is 16.3. The summed E-state index contributed by atoms with van der Waals surface area (Å²) in [5, 5.41) is 15.3. The lowest BCUT2D eigenvalue weighted by molar-refractivity contribution is 0.101. The van der Waals surface area contributed by atoms with E-state index >= 15 is 0 Å². The maximum Gasteiger partial charge on any atom is 0.161 e. The molecule has 0 aromatic heterocycles.